The van der Waals surface area contributed by atoms with Gasteiger partial charge in [-0.15, -0.1) is 0 Å². The number of benzene rings is 2. The summed E-state index contributed by atoms with van der Waals surface area (Å²) in [5, 5.41) is 2.35. The largest absolute Gasteiger partial charge is 0.311 e. The van der Waals surface area contributed by atoms with Crippen LogP contribution in [0.3, 0.4) is 0 Å². The van der Waals surface area contributed by atoms with Crippen molar-refractivity contribution >= 4 is 10.8 Å². The summed E-state index contributed by atoms with van der Waals surface area (Å²) in [6.07, 6.45) is 1.75. The third-order valence-electron chi connectivity index (χ3n) is 3.32. The zero-order valence-electron chi connectivity index (χ0n) is 11.4. The van der Waals surface area contributed by atoms with Crippen LogP contribution in [0.1, 0.15) is 19.2 Å². The molecule has 1 aromatic heterocycles. The second-order valence-electron chi connectivity index (χ2n) is 4.89. The van der Waals surface area contributed by atoms with E-state index in [1.807, 2.05) is 18.2 Å². The summed E-state index contributed by atoms with van der Waals surface area (Å²) in [5.41, 5.74) is 1.63. The van der Waals surface area contributed by atoms with Crippen molar-refractivity contribution in [3.8, 4) is 11.3 Å². The first-order valence-corrected chi connectivity index (χ1v) is 6.85. The van der Waals surface area contributed by atoms with Crippen LogP contribution in [0.15, 0.2) is 53.3 Å². The Hall–Kier alpha value is -2.42. The standard InChI is InChI=1S/C17H16N2O/c1-2-5-16-18-15(11-17(20)19-16)14-9-8-12-6-3-4-7-13(12)10-14/h3-4,6-11H,2,5H2,1H3,(H,18,19,20). The summed E-state index contributed by atoms with van der Waals surface area (Å²) in [7, 11) is 0. The van der Waals surface area contributed by atoms with E-state index in [9.17, 15) is 4.79 Å². The van der Waals surface area contributed by atoms with Crippen molar-refractivity contribution in [3.05, 3.63) is 64.7 Å². The van der Waals surface area contributed by atoms with E-state index in [4.69, 9.17) is 0 Å². The number of rotatable bonds is 3. The van der Waals surface area contributed by atoms with Gasteiger partial charge in [-0.2, -0.15) is 0 Å². The smallest absolute Gasteiger partial charge is 0.251 e. The molecular formula is C17H16N2O. The SMILES string of the molecule is CCCc1nc(-c2ccc3ccccc3c2)cc(=O)[nH]1. The van der Waals surface area contributed by atoms with Crippen molar-refractivity contribution in [2.24, 2.45) is 0 Å². The normalized spacial score (nSPS) is 10.8. The van der Waals surface area contributed by atoms with E-state index in [1.165, 1.54) is 5.39 Å². The molecule has 0 atom stereocenters. The molecule has 0 aliphatic rings. The summed E-state index contributed by atoms with van der Waals surface area (Å²) in [4.78, 5) is 19.1. The van der Waals surface area contributed by atoms with Gasteiger partial charge in [0.05, 0.1) is 5.69 Å². The number of nitrogens with one attached hydrogen (secondary N) is 1. The van der Waals surface area contributed by atoms with E-state index in [0.717, 1.165) is 35.3 Å². The van der Waals surface area contributed by atoms with Crippen LogP contribution in [0, 0.1) is 0 Å². The lowest BCUT2D eigenvalue weighted by molar-refractivity contribution is 0.828. The van der Waals surface area contributed by atoms with E-state index in [0.29, 0.717) is 0 Å². The van der Waals surface area contributed by atoms with Crippen LogP contribution in [-0.2, 0) is 6.42 Å². The molecule has 20 heavy (non-hydrogen) atoms. The van der Waals surface area contributed by atoms with Crippen LogP contribution in [0.25, 0.3) is 22.0 Å². The van der Waals surface area contributed by atoms with Gasteiger partial charge in [-0.1, -0.05) is 43.3 Å². The molecule has 0 amide bonds. The van der Waals surface area contributed by atoms with Gasteiger partial charge in [-0.05, 0) is 23.3 Å². The Morgan fingerprint density at radius 1 is 1.05 bits per heavy atom. The lowest BCUT2D eigenvalue weighted by Gasteiger charge is -2.05. The van der Waals surface area contributed by atoms with Crippen molar-refractivity contribution in [3.63, 3.8) is 0 Å². The van der Waals surface area contributed by atoms with Crippen molar-refractivity contribution in [2.45, 2.75) is 19.8 Å². The molecule has 1 N–H and O–H groups in total. The maximum Gasteiger partial charge on any atom is 0.251 e. The zero-order valence-corrected chi connectivity index (χ0v) is 11.4. The van der Waals surface area contributed by atoms with Crippen molar-refractivity contribution < 1.29 is 0 Å². The fourth-order valence-electron chi connectivity index (χ4n) is 2.36. The van der Waals surface area contributed by atoms with Gasteiger partial charge in [-0.25, -0.2) is 4.98 Å². The number of aryl methyl sites for hydroxylation is 1. The number of nitrogens with zero attached hydrogens (tertiary/aromatic N) is 1. The summed E-state index contributed by atoms with van der Waals surface area (Å²) in [6, 6.07) is 15.9. The minimum atomic E-state index is -0.0911. The number of hydrogen-bond donors (Lipinski definition) is 1. The highest BCUT2D eigenvalue weighted by Gasteiger charge is 2.04. The molecule has 100 valence electrons. The second-order valence-corrected chi connectivity index (χ2v) is 4.89. The van der Waals surface area contributed by atoms with Crippen LogP contribution in [-0.4, -0.2) is 9.97 Å². The molecule has 3 rings (SSSR count). The van der Waals surface area contributed by atoms with E-state index in [-0.39, 0.29) is 5.56 Å². The average Bonchev–Trinajstić information content (AvgIpc) is 2.46. The predicted octanol–water partition coefficient (Wildman–Crippen LogP) is 3.54. The summed E-state index contributed by atoms with van der Waals surface area (Å²) in [6.45, 7) is 2.07. The Balaban J connectivity index is 2.12. The van der Waals surface area contributed by atoms with E-state index < -0.39 is 0 Å². The third kappa shape index (κ3) is 2.48. The number of hydrogen-bond acceptors (Lipinski definition) is 2. The molecule has 0 unspecified atom stereocenters. The second kappa shape index (κ2) is 5.29. The zero-order chi connectivity index (χ0) is 13.9. The summed E-state index contributed by atoms with van der Waals surface area (Å²) >= 11 is 0. The number of aromatic amines is 1. The number of aromatic nitrogens is 2. The van der Waals surface area contributed by atoms with Gasteiger partial charge in [0, 0.05) is 18.1 Å². The maximum absolute atomic E-state index is 11.7. The average molecular weight is 264 g/mol. The van der Waals surface area contributed by atoms with Gasteiger partial charge in [0.2, 0.25) is 0 Å². The number of H-pyrrole nitrogens is 1. The van der Waals surface area contributed by atoms with Crippen molar-refractivity contribution in [1.29, 1.82) is 0 Å². The first kappa shape index (κ1) is 12.6. The van der Waals surface area contributed by atoms with Crippen LogP contribution in [0.2, 0.25) is 0 Å². The quantitative estimate of drug-likeness (QED) is 0.786. The Labute approximate surface area is 117 Å². The fraction of sp³-hybridized carbons (Fsp3) is 0.176. The van der Waals surface area contributed by atoms with Gasteiger partial charge >= 0.3 is 0 Å². The van der Waals surface area contributed by atoms with Crippen molar-refractivity contribution in [2.75, 3.05) is 0 Å². The first-order valence-electron chi connectivity index (χ1n) is 6.85. The Morgan fingerprint density at radius 2 is 1.85 bits per heavy atom. The minimum Gasteiger partial charge on any atom is -0.311 e. The summed E-state index contributed by atoms with van der Waals surface area (Å²) in [5.74, 6) is 0.753. The summed E-state index contributed by atoms with van der Waals surface area (Å²) < 4.78 is 0. The number of fused-ring (bicyclic) bond motifs is 1. The molecule has 2 aromatic carbocycles. The first-order chi connectivity index (χ1) is 9.76. The molecule has 0 spiro atoms. The molecule has 0 aliphatic heterocycles. The molecule has 3 nitrogen and oxygen atoms in total. The van der Waals surface area contributed by atoms with Gasteiger partial charge in [0.25, 0.3) is 5.56 Å². The Bertz CT molecular complexity index is 805. The third-order valence-corrected chi connectivity index (χ3v) is 3.32. The van der Waals surface area contributed by atoms with Gasteiger partial charge in [0.15, 0.2) is 0 Å². The van der Waals surface area contributed by atoms with Crippen LogP contribution in [0.4, 0.5) is 0 Å². The van der Waals surface area contributed by atoms with Crippen LogP contribution in [0.5, 0.6) is 0 Å². The van der Waals surface area contributed by atoms with E-state index in [2.05, 4.69) is 41.2 Å². The van der Waals surface area contributed by atoms with Crippen molar-refractivity contribution in [1.82, 2.24) is 9.97 Å². The molecule has 1 heterocycles. The Kier molecular flexibility index (Phi) is 3.33. The molecule has 0 saturated heterocycles. The van der Waals surface area contributed by atoms with E-state index in [1.54, 1.807) is 6.07 Å². The molecule has 0 fully saturated rings. The van der Waals surface area contributed by atoms with Crippen LogP contribution >= 0.6 is 0 Å². The molecular weight excluding hydrogens is 248 g/mol. The fourth-order valence-corrected chi connectivity index (χ4v) is 2.36. The lowest BCUT2D eigenvalue weighted by Crippen LogP contribution is -2.10. The Morgan fingerprint density at radius 3 is 2.65 bits per heavy atom. The monoisotopic (exact) mass is 264 g/mol. The minimum absolute atomic E-state index is 0.0911. The van der Waals surface area contributed by atoms with E-state index >= 15 is 0 Å². The molecule has 0 aliphatic carbocycles. The highest BCUT2D eigenvalue weighted by molar-refractivity contribution is 5.86. The van der Waals surface area contributed by atoms with Gasteiger partial charge in [-0.3, -0.25) is 4.79 Å². The lowest BCUT2D eigenvalue weighted by atomic mass is 10.0. The highest BCUT2D eigenvalue weighted by atomic mass is 16.1. The predicted molar refractivity (Wildman–Crippen MR) is 81.8 cm³/mol. The molecule has 0 radical (unpaired) electrons. The van der Waals surface area contributed by atoms with Gasteiger partial charge < -0.3 is 4.98 Å². The molecule has 0 bridgehead atoms. The molecule has 3 aromatic rings. The van der Waals surface area contributed by atoms with Gasteiger partial charge in [0.1, 0.15) is 5.82 Å². The maximum atomic E-state index is 11.7. The van der Waals surface area contributed by atoms with Crippen LogP contribution < -0.4 is 5.56 Å². The highest BCUT2D eigenvalue weighted by Crippen LogP contribution is 2.22. The molecule has 3 heteroatoms. The topological polar surface area (TPSA) is 45.8 Å². The molecule has 0 saturated carbocycles.